The minimum absolute atomic E-state index is 0.0681. The van der Waals surface area contributed by atoms with E-state index < -0.39 is 25.1 Å². The Morgan fingerprint density at radius 3 is 2.43 bits per heavy atom. The molecule has 0 aliphatic carbocycles. The first-order valence-electron chi connectivity index (χ1n) is 7.92. The molecule has 2 aromatic carbocycles. The Balaban J connectivity index is 1.50. The van der Waals surface area contributed by atoms with Crippen LogP contribution >= 0.6 is 0 Å². The Labute approximate surface area is 157 Å². The lowest BCUT2D eigenvalue weighted by atomic mass is 10.2. The average Bonchev–Trinajstić information content (AvgIpc) is 3.15. The zero-order valence-electron chi connectivity index (χ0n) is 14.2. The van der Waals surface area contributed by atoms with Crippen LogP contribution in [0.2, 0.25) is 0 Å². The number of carbonyl (C=O) groups excluding carboxylic acids is 2. The summed E-state index contributed by atoms with van der Waals surface area (Å²) in [7, 11) is 0. The predicted molar refractivity (Wildman–Crippen MR) is 91.7 cm³/mol. The first-order chi connectivity index (χ1) is 13.5. The zero-order valence-corrected chi connectivity index (χ0v) is 14.2. The highest BCUT2D eigenvalue weighted by Gasteiger charge is 2.14. The summed E-state index contributed by atoms with van der Waals surface area (Å²) in [4.78, 5) is 23.7. The molecule has 0 fully saturated rings. The van der Waals surface area contributed by atoms with Gasteiger partial charge in [0.25, 0.3) is 5.91 Å². The van der Waals surface area contributed by atoms with E-state index in [1.807, 2.05) is 6.07 Å². The molecular weight excluding hydrogens is 376 g/mol. The summed E-state index contributed by atoms with van der Waals surface area (Å²) in [6.45, 7) is -3.56. The van der Waals surface area contributed by atoms with E-state index in [1.54, 1.807) is 24.3 Å². The van der Waals surface area contributed by atoms with Crippen LogP contribution in [0.25, 0.3) is 11.5 Å². The summed E-state index contributed by atoms with van der Waals surface area (Å²) in [5.41, 5.74) is 0.750. The standard InChI is InChI=1S/C18H13F2N3O5/c19-17(20)27-13-8-6-12(7-9-13)16(25)26-10-14(24)21-18-23-22-15(28-18)11-4-2-1-3-5-11/h1-9,17H,10H2,(H,21,23,24). The molecule has 1 amide bonds. The van der Waals surface area contributed by atoms with Gasteiger partial charge in [0.2, 0.25) is 5.89 Å². The van der Waals surface area contributed by atoms with Gasteiger partial charge in [0.15, 0.2) is 6.61 Å². The van der Waals surface area contributed by atoms with Crippen molar-refractivity contribution >= 4 is 17.9 Å². The number of carbonyl (C=O) groups is 2. The molecule has 0 saturated heterocycles. The molecule has 0 saturated carbocycles. The van der Waals surface area contributed by atoms with Gasteiger partial charge >= 0.3 is 18.6 Å². The van der Waals surface area contributed by atoms with Crippen LogP contribution < -0.4 is 10.1 Å². The van der Waals surface area contributed by atoms with E-state index in [0.29, 0.717) is 5.56 Å². The number of amides is 1. The van der Waals surface area contributed by atoms with Crippen molar-refractivity contribution in [2.45, 2.75) is 6.61 Å². The second kappa shape index (κ2) is 8.71. The number of nitrogens with zero attached hydrogens (tertiary/aromatic N) is 2. The predicted octanol–water partition coefficient (Wildman–Crippen LogP) is 3.13. The number of halogens is 2. The Bertz CT molecular complexity index is 945. The lowest BCUT2D eigenvalue weighted by molar-refractivity contribution is -0.119. The molecule has 0 atom stereocenters. The quantitative estimate of drug-likeness (QED) is 0.619. The van der Waals surface area contributed by atoms with Gasteiger partial charge in [-0.2, -0.15) is 8.78 Å². The van der Waals surface area contributed by atoms with E-state index in [9.17, 15) is 18.4 Å². The molecule has 0 aliphatic heterocycles. The van der Waals surface area contributed by atoms with Gasteiger partial charge < -0.3 is 13.9 Å². The second-order valence-corrected chi connectivity index (χ2v) is 5.31. The summed E-state index contributed by atoms with van der Waals surface area (Å²) >= 11 is 0. The summed E-state index contributed by atoms with van der Waals surface area (Å²) in [5.74, 6) is -1.38. The third-order valence-electron chi connectivity index (χ3n) is 3.34. The molecular formula is C18H13F2N3O5. The number of rotatable bonds is 7. The van der Waals surface area contributed by atoms with Crippen LogP contribution in [0.4, 0.5) is 14.8 Å². The fraction of sp³-hybridized carbons (Fsp3) is 0.111. The van der Waals surface area contributed by atoms with Crippen molar-refractivity contribution in [2.24, 2.45) is 0 Å². The number of alkyl halides is 2. The molecule has 0 bridgehead atoms. The van der Waals surface area contributed by atoms with Gasteiger partial charge in [-0.3, -0.25) is 10.1 Å². The number of benzene rings is 2. The van der Waals surface area contributed by atoms with Crippen molar-refractivity contribution in [3.63, 3.8) is 0 Å². The van der Waals surface area contributed by atoms with E-state index in [-0.39, 0.29) is 23.2 Å². The van der Waals surface area contributed by atoms with Gasteiger partial charge in [0.05, 0.1) is 5.56 Å². The highest BCUT2D eigenvalue weighted by molar-refractivity contribution is 5.94. The Morgan fingerprint density at radius 2 is 1.75 bits per heavy atom. The monoisotopic (exact) mass is 389 g/mol. The van der Waals surface area contributed by atoms with Gasteiger partial charge in [0.1, 0.15) is 5.75 Å². The lowest BCUT2D eigenvalue weighted by Gasteiger charge is -2.06. The molecule has 10 heteroatoms. The van der Waals surface area contributed by atoms with Crippen molar-refractivity contribution in [1.29, 1.82) is 0 Å². The van der Waals surface area contributed by atoms with Crippen molar-refractivity contribution in [3.8, 4) is 17.2 Å². The van der Waals surface area contributed by atoms with Crippen LogP contribution in [-0.2, 0) is 9.53 Å². The molecule has 144 valence electrons. The van der Waals surface area contributed by atoms with Gasteiger partial charge in [-0.1, -0.05) is 23.3 Å². The van der Waals surface area contributed by atoms with E-state index in [2.05, 4.69) is 20.3 Å². The van der Waals surface area contributed by atoms with Crippen LogP contribution in [0, 0.1) is 0 Å². The maximum Gasteiger partial charge on any atom is 0.387 e. The Hall–Kier alpha value is -3.82. The molecule has 1 heterocycles. The molecule has 0 unspecified atom stereocenters. The molecule has 28 heavy (non-hydrogen) atoms. The molecule has 1 N–H and O–H groups in total. The molecule has 8 nitrogen and oxygen atoms in total. The van der Waals surface area contributed by atoms with Gasteiger partial charge in [-0.25, -0.2) is 4.79 Å². The lowest BCUT2D eigenvalue weighted by Crippen LogP contribution is -2.21. The van der Waals surface area contributed by atoms with E-state index in [4.69, 9.17) is 9.15 Å². The average molecular weight is 389 g/mol. The van der Waals surface area contributed by atoms with Crippen molar-refractivity contribution in [2.75, 3.05) is 11.9 Å². The highest BCUT2D eigenvalue weighted by atomic mass is 19.3. The summed E-state index contributed by atoms with van der Waals surface area (Å²) in [6.07, 6.45) is 0. The van der Waals surface area contributed by atoms with Crippen LogP contribution in [0.5, 0.6) is 5.75 Å². The Morgan fingerprint density at radius 1 is 1.04 bits per heavy atom. The minimum atomic E-state index is -2.96. The number of hydrogen-bond donors (Lipinski definition) is 1. The molecule has 3 aromatic rings. The first-order valence-corrected chi connectivity index (χ1v) is 7.92. The number of nitrogens with one attached hydrogen (secondary N) is 1. The maximum atomic E-state index is 12.1. The van der Waals surface area contributed by atoms with Gasteiger partial charge in [0, 0.05) is 5.56 Å². The van der Waals surface area contributed by atoms with Crippen LogP contribution in [-0.4, -0.2) is 35.3 Å². The van der Waals surface area contributed by atoms with Crippen LogP contribution in [0.15, 0.2) is 59.0 Å². The molecule has 0 aliphatic rings. The normalized spacial score (nSPS) is 10.5. The fourth-order valence-corrected chi connectivity index (χ4v) is 2.11. The summed E-state index contributed by atoms with van der Waals surface area (Å²) in [6, 6.07) is 13.6. The van der Waals surface area contributed by atoms with Crippen LogP contribution in [0.3, 0.4) is 0 Å². The summed E-state index contributed by atoms with van der Waals surface area (Å²) < 4.78 is 38.5. The minimum Gasteiger partial charge on any atom is -0.452 e. The largest absolute Gasteiger partial charge is 0.452 e. The fourth-order valence-electron chi connectivity index (χ4n) is 2.11. The number of ether oxygens (including phenoxy) is 2. The highest BCUT2D eigenvalue weighted by Crippen LogP contribution is 2.19. The van der Waals surface area contributed by atoms with Crippen molar-refractivity contribution < 1.29 is 32.3 Å². The number of anilines is 1. The smallest absolute Gasteiger partial charge is 0.387 e. The third kappa shape index (κ3) is 5.10. The first kappa shape index (κ1) is 19.0. The third-order valence-corrected chi connectivity index (χ3v) is 3.34. The van der Waals surface area contributed by atoms with E-state index in [0.717, 1.165) is 0 Å². The van der Waals surface area contributed by atoms with Crippen molar-refractivity contribution in [1.82, 2.24) is 10.2 Å². The number of esters is 1. The second-order valence-electron chi connectivity index (χ2n) is 5.31. The molecule has 3 rings (SSSR count). The van der Waals surface area contributed by atoms with Gasteiger partial charge in [-0.05, 0) is 36.4 Å². The number of hydrogen-bond acceptors (Lipinski definition) is 7. The topological polar surface area (TPSA) is 104 Å². The Kier molecular flexibility index (Phi) is 5.90. The zero-order chi connectivity index (χ0) is 19.9. The molecule has 0 spiro atoms. The summed E-state index contributed by atoms with van der Waals surface area (Å²) in [5, 5.41) is 9.80. The molecule has 0 radical (unpaired) electrons. The van der Waals surface area contributed by atoms with Crippen molar-refractivity contribution in [3.05, 3.63) is 60.2 Å². The van der Waals surface area contributed by atoms with E-state index >= 15 is 0 Å². The van der Waals surface area contributed by atoms with E-state index in [1.165, 1.54) is 24.3 Å². The molecule has 1 aromatic heterocycles. The SMILES string of the molecule is O=C(COC(=O)c1ccc(OC(F)F)cc1)Nc1nnc(-c2ccccc2)o1. The number of aromatic nitrogens is 2. The van der Waals surface area contributed by atoms with Gasteiger partial charge in [-0.15, -0.1) is 5.10 Å². The van der Waals surface area contributed by atoms with Crippen LogP contribution in [0.1, 0.15) is 10.4 Å². The maximum absolute atomic E-state index is 12.1.